The van der Waals surface area contributed by atoms with Gasteiger partial charge in [-0.3, -0.25) is 4.90 Å². The molecule has 0 saturated carbocycles. The molecule has 0 amide bonds. The van der Waals surface area contributed by atoms with Crippen LogP contribution in [0, 0.1) is 0 Å². The third-order valence-electron chi connectivity index (χ3n) is 2.97. The van der Waals surface area contributed by atoms with Gasteiger partial charge in [-0.15, -0.1) is 0 Å². The zero-order valence-electron chi connectivity index (χ0n) is 11.6. The maximum Gasteiger partial charge on any atom is 0.335 e. The number of nitrogens with zero attached hydrogens (tertiary/aromatic N) is 1. The molecule has 1 aromatic carbocycles. The number of ether oxygens (including phenoxy) is 2. The second-order valence-electron chi connectivity index (χ2n) is 4.46. The number of likely N-dealkylation sites (N-methyl/N-ethyl adjacent to an activating group) is 1. The van der Waals surface area contributed by atoms with E-state index in [9.17, 15) is 4.79 Å². The summed E-state index contributed by atoms with van der Waals surface area (Å²) in [6.07, 6.45) is 0. The summed E-state index contributed by atoms with van der Waals surface area (Å²) in [7, 11) is 3.70. The maximum absolute atomic E-state index is 10.7. The molecule has 106 valence electrons. The monoisotopic (exact) mass is 267 g/mol. The molecule has 0 aliphatic carbocycles. The molecular weight excluding hydrogens is 246 g/mol. The van der Waals surface area contributed by atoms with Crippen LogP contribution in [0.25, 0.3) is 0 Å². The Morgan fingerprint density at radius 1 is 1.37 bits per heavy atom. The molecule has 1 atom stereocenters. The van der Waals surface area contributed by atoms with Gasteiger partial charge in [0, 0.05) is 19.7 Å². The number of carboxylic acid groups (broad SMARTS) is 1. The quantitative estimate of drug-likeness (QED) is 0.777. The van der Waals surface area contributed by atoms with Crippen LogP contribution in [-0.4, -0.2) is 55.9 Å². The molecule has 0 aliphatic heterocycles. The van der Waals surface area contributed by atoms with Gasteiger partial charge in [0.05, 0.1) is 12.2 Å². The van der Waals surface area contributed by atoms with Gasteiger partial charge in [-0.05, 0) is 38.2 Å². The molecule has 5 nitrogen and oxygen atoms in total. The molecule has 0 bridgehead atoms. The minimum atomic E-state index is -0.931. The highest BCUT2D eigenvalue weighted by molar-refractivity contribution is 5.87. The van der Waals surface area contributed by atoms with Gasteiger partial charge in [0.25, 0.3) is 0 Å². The average Bonchev–Trinajstić information content (AvgIpc) is 2.39. The van der Waals surface area contributed by atoms with Gasteiger partial charge in [-0.2, -0.15) is 0 Å². The van der Waals surface area contributed by atoms with E-state index in [1.54, 1.807) is 19.2 Å². The second-order valence-corrected chi connectivity index (χ2v) is 4.46. The van der Waals surface area contributed by atoms with Gasteiger partial charge in [-0.1, -0.05) is 0 Å². The van der Waals surface area contributed by atoms with Crippen molar-refractivity contribution < 1.29 is 19.4 Å². The fraction of sp³-hybridized carbons (Fsp3) is 0.500. The smallest absolute Gasteiger partial charge is 0.335 e. The van der Waals surface area contributed by atoms with Crippen LogP contribution in [0.5, 0.6) is 5.75 Å². The van der Waals surface area contributed by atoms with E-state index >= 15 is 0 Å². The van der Waals surface area contributed by atoms with E-state index in [1.807, 2.05) is 7.05 Å². The lowest BCUT2D eigenvalue weighted by molar-refractivity contribution is 0.0697. The first-order valence-corrected chi connectivity index (χ1v) is 6.20. The Kier molecular flexibility index (Phi) is 6.32. The number of rotatable bonds is 8. The van der Waals surface area contributed by atoms with Crippen molar-refractivity contribution in [1.82, 2.24) is 4.90 Å². The first-order chi connectivity index (χ1) is 9.04. The summed E-state index contributed by atoms with van der Waals surface area (Å²) < 4.78 is 10.7. The van der Waals surface area contributed by atoms with Gasteiger partial charge in [-0.25, -0.2) is 4.79 Å². The predicted octanol–water partition coefficient (Wildman–Crippen LogP) is 1.73. The number of carboxylic acids is 1. The molecule has 0 fully saturated rings. The summed E-state index contributed by atoms with van der Waals surface area (Å²) in [4.78, 5) is 12.8. The Morgan fingerprint density at radius 3 is 2.53 bits per heavy atom. The Labute approximate surface area is 113 Å². The Balaban J connectivity index is 2.34. The summed E-state index contributed by atoms with van der Waals surface area (Å²) >= 11 is 0. The van der Waals surface area contributed by atoms with E-state index in [-0.39, 0.29) is 5.56 Å². The van der Waals surface area contributed by atoms with Crippen LogP contribution in [-0.2, 0) is 4.74 Å². The van der Waals surface area contributed by atoms with Crippen LogP contribution in [0.15, 0.2) is 24.3 Å². The zero-order valence-corrected chi connectivity index (χ0v) is 11.6. The van der Waals surface area contributed by atoms with Crippen molar-refractivity contribution in [2.45, 2.75) is 13.0 Å². The number of hydrogen-bond acceptors (Lipinski definition) is 4. The van der Waals surface area contributed by atoms with Crippen molar-refractivity contribution in [3.05, 3.63) is 29.8 Å². The topological polar surface area (TPSA) is 59.0 Å². The molecular formula is C14H21NO4. The number of methoxy groups -OCH3 is 1. The molecule has 0 spiro atoms. The summed E-state index contributed by atoms with van der Waals surface area (Å²) in [5, 5.41) is 8.78. The highest BCUT2D eigenvalue weighted by atomic mass is 16.5. The van der Waals surface area contributed by atoms with Crippen LogP contribution in [0.2, 0.25) is 0 Å². The highest BCUT2D eigenvalue weighted by Gasteiger charge is 2.08. The molecule has 0 radical (unpaired) electrons. The number of carbonyl (C=O) groups is 1. The van der Waals surface area contributed by atoms with Crippen molar-refractivity contribution in [2.75, 3.05) is 33.9 Å². The van der Waals surface area contributed by atoms with Gasteiger partial charge in [0.2, 0.25) is 0 Å². The van der Waals surface area contributed by atoms with E-state index in [2.05, 4.69) is 11.8 Å². The fourth-order valence-electron chi connectivity index (χ4n) is 1.59. The minimum Gasteiger partial charge on any atom is -0.492 e. The van der Waals surface area contributed by atoms with Crippen molar-refractivity contribution in [2.24, 2.45) is 0 Å². The first-order valence-electron chi connectivity index (χ1n) is 6.20. The summed E-state index contributed by atoms with van der Waals surface area (Å²) in [5.41, 5.74) is 0.262. The van der Waals surface area contributed by atoms with E-state index in [0.717, 1.165) is 6.54 Å². The normalized spacial score (nSPS) is 12.4. The van der Waals surface area contributed by atoms with Crippen molar-refractivity contribution in [3.63, 3.8) is 0 Å². The van der Waals surface area contributed by atoms with Crippen LogP contribution in [0.3, 0.4) is 0 Å². The minimum absolute atomic E-state index is 0.262. The Hall–Kier alpha value is -1.59. The van der Waals surface area contributed by atoms with E-state index in [1.165, 1.54) is 12.1 Å². The van der Waals surface area contributed by atoms with Gasteiger partial charge in [0.1, 0.15) is 12.4 Å². The van der Waals surface area contributed by atoms with Crippen molar-refractivity contribution in [1.29, 1.82) is 0 Å². The largest absolute Gasteiger partial charge is 0.492 e. The molecule has 0 aromatic heterocycles. The summed E-state index contributed by atoms with van der Waals surface area (Å²) in [6, 6.07) is 6.75. The summed E-state index contributed by atoms with van der Waals surface area (Å²) in [6.45, 7) is 4.11. The maximum atomic E-state index is 10.7. The van der Waals surface area contributed by atoms with Gasteiger partial charge >= 0.3 is 5.97 Å². The van der Waals surface area contributed by atoms with E-state index in [0.29, 0.717) is 25.0 Å². The Morgan fingerprint density at radius 2 is 2.00 bits per heavy atom. The predicted molar refractivity (Wildman–Crippen MR) is 72.9 cm³/mol. The summed E-state index contributed by atoms with van der Waals surface area (Å²) in [5.74, 6) is -0.252. The standard InChI is InChI=1S/C14H21NO4/c1-11(10-18-3)15(2)8-9-19-13-6-4-12(5-7-13)14(16)17/h4-7,11H,8-10H2,1-3H3,(H,16,17). The molecule has 0 aliphatic rings. The van der Waals surface area contributed by atoms with Crippen molar-refractivity contribution in [3.8, 4) is 5.75 Å². The van der Waals surface area contributed by atoms with Crippen LogP contribution in [0.4, 0.5) is 0 Å². The number of aromatic carboxylic acids is 1. The molecule has 1 N–H and O–H groups in total. The van der Waals surface area contributed by atoms with Crippen LogP contribution in [0.1, 0.15) is 17.3 Å². The van der Waals surface area contributed by atoms with Crippen LogP contribution >= 0.6 is 0 Å². The highest BCUT2D eigenvalue weighted by Crippen LogP contribution is 2.12. The lowest BCUT2D eigenvalue weighted by Crippen LogP contribution is -2.35. The molecule has 1 rings (SSSR count). The van der Waals surface area contributed by atoms with Gasteiger partial charge in [0.15, 0.2) is 0 Å². The zero-order chi connectivity index (χ0) is 14.3. The van der Waals surface area contributed by atoms with E-state index < -0.39 is 5.97 Å². The average molecular weight is 267 g/mol. The van der Waals surface area contributed by atoms with Gasteiger partial charge < -0.3 is 14.6 Å². The molecule has 1 aromatic rings. The molecule has 5 heteroatoms. The fourth-order valence-corrected chi connectivity index (χ4v) is 1.59. The SMILES string of the molecule is COCC(C)N(C)CCOc1ccc(C(=O)O)cc1. The first kappa shape index (κ1) is 15.5. The molecule has 0 saturated heterocycles. The number of benzene rings is 1. The van der Waals surface area contributed by atoms with Crippen molar-refractivity contribution >= 4 is 5.97 Å². The second kappa shape index (κ2) is 7.76. The molecule has 1 unspecified atom stereocenters. The molecule has 0 heterocycles. The molecule has 19 heavy (non-hydrogen) atoms. The number of hydrogen-bond donors (Lipinski definition) is 1. The van der Waals surface area contributed by atoms with E-state index in [4.69, 9.17) is 14.6 Å². The third-order valence-corrected chi connectivity index (χ3v) is 2.97. The lowest BCUT2D eigenvalue weighted by atomic mass is 10.2. The Bertz CT molecular complexity index is 391. The third kappa shape index (κ3) is 5.28. The van der Waals surface area contributed by atoms with Crippen LogP contribution < -0.4 is 4.74 Å². The lowest BCUT2D eigenvalue weighted by Gasteiger charge is -2.23.